The van der Waals surface area contributed by atoms with Crippen LogP contribution < -0.4 is 27.0 Å². The molecule has 2 aromatic rings. The number of rotatable bonds is 5. The molecular formula is C24H33ClN8O3. The third kappa shape index (κ3) is 8.33. The van der Waals surface area contributed by atoms with Gasteiger partial charge in [0.25, 0.3) is 0 Å². The summed E-state index contributed by atoms with van der Waals surface area (Å²) in [5.74, 6) is -0.938. The van der Waals surface area contributed by atoms with E-state index in [4.69, 9.17) is 17.3 Å². The van der Waals surface area contributed by atoms with Crippen molar-refractivity contribution in [2.75, 3.05) is 17.2 Å². The van der Waals surface area contributed by atoms with E-state index in [1.54, 1.807) is 0 Å². The van der Waals surface area contributed by atoms with Crippen molar-refractivity contribution in [3.05, 3.63) is 41.2 Å². The van der Waals surface area contributed by atoms with Gasteiger partial charge < -0.3 is 27.0 Å². The second-order valence-corrected chi connectivity index (χ2v) is 9.55. The molecule has 2 heterocycles. The van der Waals surface area contributed by atoms with Gasteiger partial charge in [-0.25, -0.2) is 0 Å². The number of nitrogens with zero attached hydrogens (tertiary/aromatic N) is 3. The summed E-state index contributed by atoms with van der Waals surface area (Å²) in [6.07, 6.45) is 2.32. The van der Waals surface area contributed by atoms with E-state index in [1.807, 2.05) is 44.2 Å². The van der Waals surface area contributed by atoms with Crippen LogP contribution in [0.4, 0.5) is 11.9 Å². The van der Waals surface area contributed by atoms with Gasteiger partial charge in [-0.15, -0.1) is 0 Å². The lowest BCUT2D eigenvalue weighted by Crippen LogP contribution is -2.56. The number of hydrogen-bond donors (Lipinski definition) is 5. The number of fused-ring (bicyclic) bond motifs is 2. The lowest BCUT2D eigenvalue weighted by molar-refractivity contribution is -0.131. The molecule has 0 aliphatic carbocycles. The first-order chi connectivity index (χ1) is 17.2. The molecule has 2 bridgehead atoms. The highest BCUT2D eigenvalue weighted by Crippen LogP contribution is 2.15. The maximum atomic E-state index is 13.4. The Morgan fingerprint density at radius 1 is 1.00 bits per heavy atom. The zero-order chi connectivity index (χ0) is 26.1. The quantitative estimate of drug-likeness (QED) is 0.400. The van der Waals surface area contributed by atoms with Gasteiger partial charge in [-0.05, 0) is 48.8 Å². The number of primary amides is 1. The molecule has 0 fully saturated rings. The fourth-order valence-corrected chi connectivity index (χ4v) is 4.08. The first-order valence-electron chi connectivity index (χ1n) is 12.1. The largest absolute Gasteiger partial charge is 0.368 e. The molecule has 12 heteroatoms. The summed E-state index contributed by atoms with van der Waals surface area (Å²) in [6, 6.07) is 6.79. The highest BCUT2D eigenvalue weighted by molar-refractivity contribution is 6.28. The lowest BCUT2D eigenvalue weighted by Gasteiger charge is -2.26. The Bertz CT molecular complexity index is 1050. The summed E-state index contributed by atoms with van der Waals surface area (Å²) in [7, 11) is 0. The van der Waals surface area contributed by atoms with E-state index in [0.29, 0.717) is 32.2 Å². The highest BCUT2D eigenvalue weighted by Gasteiger charge is 2.29. The minimum atomic E-state index is -0.926. The summed E-state index contributed by atoms with van der Waals surface area (Å²) in [5.41, 5.74) is 6.42. The van der Waals surface area contributed by atoms with Crippen LogP contribution in [0.25, 0.3) is 0 Å². The average molecular weight is 517 g/mol. The maximum absolute atomic E-state index is 13.4. The van der Waals surface area contributed by atoms with Crippen LogP contribution in [0.15, 0.2) is 30.3 Å². The Morgan fingerprint density at radius 2 is 1.69 bits per heavy atom. The van der Waals surface area contributed by atoms with E-state index in [0.717, 1.165) is 5.56 Å². The molecule has 1 aromatic carbocycles. The lowest BCUT2D eigenvalue weighted by atomic mass is 10.0. The molecule has 3 atom stereocenters. The van der Waals surface area contributed by atoms with Crippen LogP contribution >= 0.6 is 11.6 Å². The van der Waals surface area contributed by atoms with Crippen LogP contribution in [0.5, 0.6) is 0 Å². The number of carbonyl (C=O) groups is 3. The number of aromatic nitrogens is 3. The Morgan fingerprint density at radius 3 is 2.39 bits per heavy atom. The van der Waals surface area contributed by atoms with Crippen LogP contribution in [-0.2, 0) is 20.8 Å². The van der Waals surface area contributed by atoms with Crippen molar-refractivity contribution in [2.45, 2.75) is 64.1 Å². The molecule has 11 nitrogen and oxygen atoms in total. The van der Waals surface area contributed by atoms with Crippen LogP contribution in [-0.4, -0.2) is 57.3 Å². The summed E-state index contributed by atoms with van der Waals surface area (Å²) in [6.45, 7) is 4.46. The first-order valence-corrected chi connectivity index (χ1v) is 12.4. The van der Waals surface area contributed by atoms with E-state index < -0.39 is 35.8 Å². The average Bonchev–Trinajstić information content (AvgIpc) is 2.81. The molecule has 194 valence electrons. The van der Waals surface area contributed by atoms with E-state index in [1.165, 1.54) is 0 Å². The van der Waals surface area contributed by atoms with Gasteiger partial charge in [0, 0.05) is 13.0 Å². The number of amides is 3. The second-order valence-electron chi connectivity index (χ2n) is 9.22. The smallest absolute Gasteiger partial charge is 0.243 e. The summed E-state index contributed by atoms with van der Waals surface area (Å²) >= 11 is 6.09. The number of hydrogen-bond acceptors (Lipinski definition) is 8. The fraction of sp³-hybridized carbons (Fsp3) is 0.500. The van der Waals surface area contributed by atoms with E-state index in [2.05, 4.69) is 36.2 Å². The van der Waals surface area contributed by atoms with Crippen molar-refractivity contribution in [1.82, 2.24) is 25.6 Å². The molecule has 3 amide bonds. The van der Waals surface area contributed by atoms with Gasteiger partial charge in [0.15, 0.2) is 0 Å². The van der Waals surface area contributed by atoms with E-state index in [9.17, 15) is 14.4 Å². The number of halogens is 1. The van der Waals surface area contributed by atoms with Gasteiger partial charge in [-0.3, -0.25) is 14.4 Å². The van der Waals surface area contributed by atoms with Crippen LogP contribution in [0.1, 0.15) is 45.1 Å². The molecule has 3 rings (SSSR count). The summed E-state index contributed by atoms with van der Waals surface area (Å²) in [4.78, 5) is 51.3. The Labute approximate surface area is 215 Å². The molecule has 1 aromatic heterocycles. The summed E-state index contributed by atoms with van der Waals surface area (Å²) < 4.78 is 0. The normalized spacial score (nSPS) is 21.6. The predicted octanol–water partition coefficient (Wildman–Crippen LogP) is 1.65. The van der Waals surface area contributed by atoms with Crippen molar-refractivity contribution in [3.8, 4) is 0 Å². The van der Waals surface area contributed by atoms with Gasteiger partial charge in [0.1, 0.15) is 18.1 Å². The van der Waals surface area contributed by atoms with Crippen LogP contribution in [0.3, 0.4) is 0 Å². The Hall–Kier alpha value is -3.47. The molecule has 0 saturated carbocycles. The van der Waals surface area contributed by atoms with Gasteiger partial charge in [-0.2, -0.15) is 15.0 Å². The van der Waals surface area contributed by atoms with Crippen molar-refractivity contribution in [2.24, 2.45) is 11.7 Å². The number of nitrogens with two attached hydrogens (primary N) is 1. The Balaban J connectivity index is 1.93. The fourth-order valence-electron chi connectivity index (χ4n) is 3.92. The number of anilines is 2. The van der Waals surface area contributed by atoms with Gasteiger partial charge in [0.2, 0.25) is 34.9 Å². The number of carbonyl (C=O) groups excluding carboxylic acids is 3. The van der Waals surface area contributed by atoms with E-state index >= 15 is 0 Å². The number of nitrogens with one attached hydrogen (secondary N) is 4. The zero-order valence-corrected chi connectivity index (χ0v) is 21.2. The third-order valence-electron chi connectivity index (χ3n) is 5.71. The van der Waals surface area contributed by atoms with Crippen molar-refractivity contribution < 1.29 is 14.4 Å². The van der Waals surface area contributed by atoms with E-state index in [-0.39, 0.29) is 29.5 Å². The third-order valence-corrected chi connectivity index (χ3v) is 5.88. The first kappa shape index (κ1) is 27.1. The van der Waals surface area contributed by atoms with Gasteiger partial charge >= 0.3 is 0 Å². The molecule has 0 radical (unpaired) electrons. The molecule has 0 saturated heterocycles. The standard InChI is InChI=1S/C24H33ClN8O3/c1-14(2)12-17-20(35)29-18(13-15-8-4-3-5-9-15)21(36)28-16(19(26)34)10-6-7-11-27-23-31-22(25)32-24(30-17)33-23/h3-5,8-9,14,16-18H,6-7,10-13H2,1-2H3,(H2,26,34)(H,28,36)(H,29,35)(H2,27,30,31,32,33)/t16-,17+,18+/m1/s1. The van der Waals surface area contributed by atoms with Gasteiger partial charge in [-0.1, -0.05) is 44.2 Å². The predicted molar refractivity (Wildman–Crippen MR) is 137 cm³/mol. The maximum Gasteiger partial charge on any atom is 0.243 e. The Kier molecular flexibility index (Phi) is 9.80. The second kappa shape index (κ2) is 13.0. The molecule has 6 N–H and O–H groups in total. The molecular weight excluding hydrogens is 484 g/mol. The van der Waals surface area contributed by atoms with Crippen LogP contribution in [0, 0.1) is 5.92 Å². The van der Waals surface area contributed by atoms with Gasteiger partial charge in [0.05, 0.1) is 0 Å². The van der Waals surface area contributed by atoms with Crippen molar-refractivity contribution >= 4 is 41.2 Å². The topological polar surface area (TPSA) is 164 Å². The van der Waals surface area contributed by atoms with Crippen molar-refractivity contribution in [3.63, 3.8) is 0 Å². The monoisotopic (exact) mass is 516 g/mol. The molecule has 1 aliphatic rings. The minimum Gasteiger partial charge on any atom is -0.368 e. The zero-order valence-electron chi connectivity index (χ0n) is 20.5. The van der Waals surface area contributed by atoms with Crippen molar-refractivity contribution in [1.29, 1.82) is 0 Å². The molecule has 0 unspecified atom stereocenters. The molecule has 0 spiro atoms. The number of benzene rings is 1. The SMILES string of the molecule is CC(C)C[C@@H]1Nc2nc(Cl)nc(n2)NCCCC[C@H](C(N)=O)NC(=O)[C@H](Cc2ccccc2)NC1=O. The van der Waals surface area contributed by atoms with Crippen LogP contribution in [0.2, 0.25) is 5.28 Å². The molecule has 36 heavy (non-hydrogen) atoms. The highest BCUT2D eigenvalue weighted by atomic mass is 35.5. The molecule has 1 aliphatic heterocycles. The summed E-state index contributed by atoms with van der Waals surface area (Å²) in [5, 5.41) is 11.7. The minimum absolute atomic E-state index is 0.0186.